The van der Waals surface area contributed by atoms with Gasteiger partial charge < -0.3 is 14.3 Å². The number of carbonyl (C=O) groups excluding carboxylic acids is 3. The smallest absolute Gasteiger partial charge is 0.431 e. The number of cyclic esters (lactones) is 1. The third-order valence-electron chi connectivity index (χ3n) is 7.18. The molecule has 0 aromatic heterocycles. The molecule has 0 aliphatic carbocycles. The number of hydrogen-bond donors (Lipinski definition) is 2. The maximum Gasteiger partial charge on any atom is 0.431 e. The van der Waals surface area contributed by atoms with E-state index in [1.165, 1.54) is 0 Å². The Hall–Kier alpha value is -3.18. The van der Waals surface area contributed by atoms with Crippen molar-refractivity contribution >= 4 is 29.7 Å². The number of amidine groups is 1. The number of hydrogen-bond acceptors (Lipinski definition) is 9. The molecule has 11 nitrogen and oxygen atoms in total. The van der Waals surface area contributed by atoms with Gasteiger partial charge in [0.1, 0.15) is 11.9 Å². The Balaban J connectivity index is 1.24. The molecule has 0 spiro atoms. The van der Waals surface area contributed by atoms with Crippen LogP contribution in [0.2, 0.25) is 0 Å². The van der Waals surface area contributed by atoms with E-state index >= 15 is 0 Å². The Morgan fingerprint density at radius 1 is 1.11 bits per heavy atom. The van der Waals surface area contributed by atoms with E-state index < -0.39 is 12.2 Å². The van der Waals surface area contributed by atoms with E-state index in [2.05, 4.69) is 10.2 Å². The topological polar surface area (TPSA) is 124 Å². The molecule has 37 heavy (non-hydrogen) atoms. The van der Waals surface area contributed by atoms with Gasteiger partial charge in [-0.05, 0) is 76.9 Å². The van der Waals surface area contributed by atoms with Gasteiger partial charge >= 0.3 is 18.2 Å². The second-order valence-electron chi connectivity index (χ2n) is 9.85. The molecule has 2 unspecified atom stereocenters. The minimum atomic E-state index is -0.680. The van der Waals surface area contributed by atoms with Crippen molar-refractivity contribution in [3.05, 3.63) is 29.8 Å². The number of hydroxylamine groups is 2. The predicted octanol–water partition coefficient (Wildman–Crippen LogP) is 3.13. The van der Waals surface area contributed by atoms with Crippen LogP contribution >= 0.6 is 0 Å². The van der Waals surface area contributed by atoms with Crippen LogP contribution < -0.4 is 10.2 Å². The summed E-state index contributed by atoms with van der Waals surface area (Å²) in [7, 11) is 0. The van der Waals surface area contributed by atoms with Gasteiger partial charge in [-0.1, -0.05) is 6.42 Å². The Morgan fingerprint density at radius 3 is 2.51 bits per heavy atom. The normalized spacial score (nSPS) is 23.4. The molecule has 2 atom stereocenters. The maximum absolute atomic E-state index is 12.5. The summed E-state index contributed by atoms with van der Waals surface area (Å²) in [5.41, 5.74) is 1.16. The summed E-state index contributed by atoms with van der Waals surface area (Å²) in [5, 5.41) is 12.3. The monoisotopic (exact) mass is 515 g/mol. The number of carbonyl (C=O) groups is 3. The second-order valence-corrected chi connectivity index (χ2v) is 9.85. The lowest BCUT2D eigenvalue weighted by atomic mass is 9.97. The Morgan fingerprint density at radius 2 is 1.84 bits per heavy atom. The minimum absolute atomic E-state index is 0.0549. The maximum atomic E-state index is 12.5. The SMILES string of the molecule is CCOC(=O)C1CCN(CC2CN(c3ccc(C(=N)NC(=O)ON4CCCCC4C)cc3)C(=O)O2)CC1. The van der Waals surface area contributed by atoms with Gasteiger partial charge in [-0.25, -0.2) is 9.59 Å². The highest BCUT2D eigenvalue weighted by Crippen LogP contribution is 2.25. The van der Waals surface area contributed by atoms with Crippen LogP contribution in [0.15, 0.2) is 24.3 Å². The van der Waals surface area contributed by atoms with Gasteiger partial charge in [0.15, 0.2) is 0 Å². The number of nitrogens with zero attached hydrogens (tertiary/aromatic N) is 3. The lowest BCUT2D eigenvalue weighted by Crippen LogP contribution is -2.43. The van der Waals surface area contributed by atoms with Crippen molar-refractivity contribution in [3.8, 4) is 0 Å². The first kappa shape index (κ1) is 26.9. The molecule has 0 saturated carbocycles. The molecule has 1 aromatic carbocycles. The van der Waals surface area contributed by atoms with E-state index in [4.69, 9.17) is 19.7 Å². The molecular weight excluding hydrogens is 478 g/mol. The molecular formula is C26H37N5O6. The summed E-state index contributed by atoms with van der Waals surface area (Å²) in [6.45, 7) is 7.48. The first-order valence-electron chi connectivity index (χ1n) is 13.2. The molecule has 3 saturated heterocycles. The van der Waals surface area contributed by atoms with Crippen molar-refractivity contribution in [1.82, 2.24) is 15.3 Å². The molecule has 0 bridgehead atoms. The number of esters is 1. The van der Waals surface area contributed by atoms with Crippen LogP contribution in [0.3, 0.4) is 0 Å². The fourth-order valence-corrected chi connectivity index (χ4v) is 5.05. The Bertz CT molecular complexity index is 978. The predicted molar refractivity (Wildman–Crippen MR) is 136 cm³/mol. The molecule has 3 fully saturated rings. The van der Waals surface area contributed by atoms with E-state index in [0.717, 1.165) is 45.2 Å². The number of piperidine rings is 2. The van der Waals surface area contributed by atoms with Crippen molar-refractivity contribution in [1.29, 1.82) is 5.41 Å². The van der Waals surface area contributed by atoms with E-state index in [1.807, 2.05) is 13.8 Å². The number of ether oxygens (including phenoxy) is 2. The van der Waals surface area contributed by atoms with Crippen molar-refractivity contribution in [2.45, 2.75) is 58.1 Å². The van der Waals surface area contributed by atoms with Crippen LogP contribution in [0.25, 0.3) is 0 Å². The fourth-order valence-electron chi connectivity index (χ4n) is 5.05. The zero-order valence-electron chi connectivity index (χ0n) is 21.6. The van der Waals surface area contributed by atoms with Gasteiger partial charge in [-0.3, -0.25) is 25.3 Å². The molecule has 2 N–H and O–H groups in total. The highest BCUT2D eigenvalue weighted by atomic mass is 16.7. The van der Waals surface area contributed by atoms with Gasteiger partial charge in [0.05, 0.1) is 19.1 Å². The van der Waals surface area contributed by atoms with Gasteiger partial charge in [-0.2, -0.15) is 0 Å². The van der Waals surface area contributed by atoms with Crippen LogP contribution in [0.4, 0.5) is 15.3 Å². The average molecular weight is 516 g/mol. The first-order chi connectivity index (χ1) is 17.8. The lowest BCUT2D eigenvalue weighted by molar-refractivity contribution is -0.149. The van der Waals surface area contributed by atoms with Crippen LogP contribution in [0.5, 0.6) is 0 Å². The molecule has 4 rings (SSSR count). The van der Waals surface area contributed by atoms with Gasteiger partial charge in [-0.15, -0.1) is 5.06 Å². The Labute approximate surface area is 217 Å². The molecule has 3 aliphatic rings. The highest BCUT2D eigenvalue weighted by molar-refractivity contribution is 6.04. The Kier molecular flexibility index (Phi) is 8.99. The van der Waals surface area contributed by atoms with Crippen LogP contribution in [-0.2, 0) is 19.1 Å². The van der Waals surface area contributed by atoms with E-state index in [1.54, 1.807) is 34.2 Å². The van der Waals surface area contributed by atoms with E-state index in [9.17, 15) is 14.4 Å². The zero-order valence-corrected chi connectivity index (χ0v) is 21.6. The highest BCUT2D eigenvalue weighted by Gasteiger charge is 2.35. The number of nitrogens with one attached hydrogen (secondary N) is 2. The second kappa shape index (κ2) is 12.4. The zero-order chi connectivity index (χ0) is 26.4. The van der Waals surface area contributed by atoms with Gasteiger partial charge in [0.2, 0.25) is 0 Å². The van der Waals surface area contributed by atoms with Gasteiger partial charge in [0, 0.05) is 30.4 Å². The summed E-state index contributed by atoms with van der Waals surface area (Å²) in [5.74, 6) is -0.254. The largest absolute Gasteiger partial charge is 0.466 e. The summed E-state index contributed by atoms with van der Waals surface area (Å²) in [4.78, 5) is 45.9. The van der Waals surface area contributed by atoms with Crippen molar-refractivity contribution < 1.29 is 28.7 Å². The number of benzene rings is 1. The van der Waals surface area contributed by atoms with Crippen LogP contribution in [0.1, 0.15) is 51.5 Å². The van der Waals surface area contributed by atoms with Crippen molar-refractivity contribution in [2.24, 2.45) is 5.92 Å². The van der Waals surface area contributed by atoms with Crippen LogP contribution in [-0.4, -0.2) is 85.4 Å². The van der Waals surface area contributed by atoms with Crippen LogP contribution in [0, 0.1) is 11.3 Å². The first-order valence-corrected chi connectivity index (χ1v) is 13.2. The molecule has 3 heterocycles. The molecule has 1 aromatic rings. The molecule has 3 aliphatic heterocycles. The fraction of sp³-hybridized carbons (Fsp3) is 0.615. The third-order valence-corrected chi connectivity index (χ3v) is 7.18. The number of amides is 2. The number of likely N-dealkylation sites (tertiary alicyclic amines) is 1. The lowest BCUT2D eigenvalue weighted by Gasteiger charge is -2.31. The quantitative estimate of drug-likeness (QED) is 0.322. The average Bonchev–Trinajstić information content (AvgIpc) is 3.25. The summed E-state index contributed by atoms with van der Waals surface area (Å²) in [6, 6.07) is 6.99. The summed E-state index contributed by atoms with van der Waals surface area (Å²) < 4.78 is 10.7. The van der Waals surface area contributed by atoms with Crippen molar-refractivity contribution in [2.75, 3.05) is 44.2 Å². The number of rotatable bonds is 7. The van der Waals surface area contributed by atoms with Gasteiger partial charge in [0.25, 0.3) is 0 Å². The third kappa shape index (κ3) is 6.98. The molecule has 0 radical (unpaired) electrons. The van der Waals surface area contributed by atoms with E-state index in [-0.39, 0.29) is 29.9 Å². The number of anilines is 1. The van der Waals surface area contributed by atoms with E-state index in [0.29, 0.717) is 37.5 Å². The molecule has 2 amide bonds. The molecule has 202 valence electrons. The summed E-state index contributed by atoms with van der Waals surface area (Å²) >= 11 is 0. The minimum Gasteiger partial charge on any atom is -0.466 e. The van der Waals surface area contributed by atoms with Crippen molar-refractivity contribution in [3.63, 3.8) is 0 Å². The molecule has 11 heteroatoms. The summed E-state index contributed by atoms with van der Waals surface area (Å²) in [6.07, 6.45) is 3.20. The standard InChI is InChI=1S/C26H37N5O6/c1-3-35-24(32)20-11-14-29(15-12-20)16-22-17-30(26(34)36-22)21-9-7-19(8-10-21)23(27)28-25(33)37-31-13-5-4-6-18(31)2/h7-10,18,20,22H,3-6,11-17H2,1-2H3,(H2,27,28,33).